The van der Waals surface area contributed by atoms with Gasteiger partial charge < -0.3 is 4.74 Å². The SMILES string of the molecule is CC(=O)Oc1cc2c(cc1C(C)CCCc1ccccc1)N(C(=O)c1ccccc1)C(C)(C)C1=C2C(=O)CCC1. The van der Waals surface area contributed by atoms with Crippen LogP contribution in [0.5, 0.6) is 5.75 Å². The molecule has 0 fully saturated rings. The number of carbonyl (C=O) groups excluding carboxylic acids is 3. The van der Waals surface area contributed by atoms with Gasteiger partial charge in [0.05, 0.1) is 11.2 Å². The smallest absolute Gasteiger partial charge is 0.308 e. The number of allylic oxidation sites excluding steroid dienone is 1. The summed E-state index contributed by atoms with van der Waals surface area (Å²) in [7, 11) is 0. The lowest BCUT2D eigenvalue weighted by atomic mass is 9.72. The van der Waals surface area contributed by atoms with E-state index < -0.39 is 11.5 Å². The van der Waals surface area contributed by atoms with E-state index in [9.17, 15) is 14.4 Å². The van der Waals surface area contributed by atoms with Crippen LogP contribution in [-0.2, 0) is 16.0 Å². The number of aryl methyl sites for hydroxylation is 1. The highest BCUT2D eigenvalue weighted by Crippen LogP contribution is 2.51. The second-order valence-corrected chi connectivity index (χ2v) is 11.5. The highest BCUT2D eigenvalue weighted by molar-refractivity contribution is 6.26. The van der Waals surface area contributed by atoms with Gasteiger partial charge in [-0.15, -0.1) is 0 Å². The maximum Gasteiger partial charge on any atom is 0.308 e. The van der Waals surface area contributed by atoms with E-state index in [4.69, 9.17) is 4.74 Å². The molecule has 0 saturated carbocycles. The molecule has 0 saturated heterocycles. The first-order valence-electron chi connectivity index (χ1n) is 14.3. The lowest BCUT2D eigenvalue weighted by Gasteiger charge is -2.47. The van der Waals surface area contributed by atoms with Crippen molar-refractivity contribution < 1.29 is 19.1 Å². The topological polar surface area (TPSA) is 63.7 Å². The Bertz CT molecular complexity index is 1470. The fourth-order valence-electron chi connectivity index (χ4n) is 6.29. The summed E-state index contributed by atoms with van der Waals surface area (Å²) < 4.78 is 5.77. The Morgan fingerprint density at radius 2 is 1.65 bits per heavy atom. The van der Waals surface area contributed by atoms with Crippen LogP contribution in [0.1, 0.15) is 92.8 Å². The van der Waals surface area contributed by atoms with Crippen LogP contribution < -0.4 is 9.64 Å². The first-order valence-corrected chi connectivity index (χ1v) is 14.3. The Kier molecular flexibility index (Phi) is 7.75. The zero-order valence-electron chi connectivity index (χ0n) is 23.8. The predicted molar refractivity (Wildman–Crippen MR) is 159 cm³/mol. The zero-order chi connectivity index (χ0) is 28.4. The number of rotatable bonds is 7. The predicted octanol–water partition coefficient (Wildman–Crippen LogP) is 7.68. The molecule has 3 aromatic rings. The monoisotopic (exact) mass is 535 g/mol. The average molecular weight is 536 g/mol. The molecule has 1 amide bonds. The first kappa shape index (κ1) is 27.6. The Balaban J connectivity index is 1.62. The number of nitrogens with zero attached hydrogens (tertiary/aromatic N) is 1. The molecule has 1 unspecified atom stereocenters. The van der Waals surface area contributed by atoms with Gasteiger partial charge in [-0.3, -0.25) is 19.3 Å². The Hall–Kier alpha value is -3.99. The van der Waals surface area contributed by atoms with E-state index >= 15 is 0 Å². The molecule has 5 nitrogen and oxygen atoms in total. The van der Waals surface area contributed by atoms with Crippen LogP contribution in [0.25, 0.3) is 5.57 Å². The summed E-state index contributed by atoms with van der Waals surface area (Å²) in [6, 6.07) is 23.5. The summed E-state index contributed by atoms with van der Waals surface area (Å²) in [6.45, 7) is 7.60. The molecule has 0 N–H and O–H groups in total. The van der Waals surface area contributed by atoms with Gasteiger partial charge in [-0.1, -0.05) is 55.5 Å². The lowest BCUT2D eigenvalue weighted by molar-refractivity contribution is -0.132. The third kappa shape index (κ3) is 5.25. The minimum absolute atomic E-state index is 0.0672. The zero-order valence-corrected chi connectivity index (χ0v) is 23.8. The quantitative estimate of drug-likeness (QED) is 0.230. The van der Waals surface area contributed by atoms with E-state index in [-0.39, 0.29) is 17.6 Å². The summed E-state index contributed by atoms with van der Waals surface area (Å²) in [5.41, 5.74) is 5.09. The van der Waals surface area contributed by atoms with Crippen molar-refractivity contribution >= 4 is 28.9 Å². The van der Waals surface area contributed by atoms with Gasteiger partial charge in [0, 0.05) is 30.0 Å². The van der Waals surface area contributed by atoms with Crippen molar-refractivity contribution in [1.29, 1.82) is 0 Å². The molecular weight excluding hydrogens is 498 g/mol. The largest absolute Gasteiger partial charge is 0.426 e. The number of Topliss-reactive ketones (excluding diaryl/α,β-unsaturated/α-hetero) is 1. The van der Waals surface area contributed by atoms with Crippen molar-refractivity contribution in [2.24, 2.45) is 0 Å². The third-order valence-electron chi connectivity index (χ3n) is 8.30. The van der Waals surface area contributed by atoms with Crippen molar-refractivity contribution in [2.45, 2.75) is 77.7 Å². The average Bonchev–Trinajstić information content (AvgIpc) is 2.93. The molecule has 1 aliphatic carbocycles. The van der Waals surface area contributed by atoms with Gasteiger partial charge in [0.25, 0.3) is 5.91 Å². The van der Waals surface area contributed by atoms with Gasteiger partial charge in [0.15, 0.2) is 5.78 Å². The summed E-state index contributed by atoms with van der Waals surface area (Å²) in [4.78, 5) is 41.6. The number of esters is 1. The maximum absolute atomic E-state index is 14.1. The van der Waals surface area contributed by atoms with Gasteiger partial charge in [-0.2, -0.15) is 0 Å². The van der Waals surface area contributed by atoms with Gasteiger partial charge >= 0.3 is 5.97 Å². The molecule has 40 heavy (non-hydrogen) atoms. The van der Waals surface area contributed by atoms with Gasteiger partial charge in [0.2, 0.25) is 0 Å². The van der Waals surface area contributed by atoms with Crippen LogP contribution in [0.2, 0.25) is 0 Å². The summed E-state index contributed by atoms with van der Waals surface area (Å²) >= 11 is 0. The molecule has 1 heterocycles. The molecule has 0 radical (unpaired) electrons. The molecule has 3 aromatic carbocycles. The maximum atomic E-state index is 14.1. The van der Waals surface area contributed by atoms with Crippen molar-refractivity contribution in [1.82, 2.24) is 0 Å². The fourth-order valence-corrected chi connectivity index (χ4v) is 6.29. The number of hydrogen-bond donors (Lipinski definition) is 0. The highest BCUT2D eigenvalue weighted by atomic mass is 16.5. The summed E-state index contributed by atoms with van der Waals surface area (Å²) in [6.07, 6.45) is 4.78. The number of ketones is 1. The second kappa shape index (κ2) is 11.2. The normalized spacial score (nSPS) is 16.7. The molecule has 206 valence electrons. The fraction of sp³-hybridized carbons (Fsp3) is 0.343. The number of ether oxygens (including phenoxy) is 1. The molecular formula is C35H37NO4. The number of fused-ring (bicyclic) bond motifs is 2. The molecule has 2 aliphatic rings. The molecule has 5 rings (SSSR count). The highest BCUT2D eigenvalue weighted by Gasteiger charge is 2.45. The van der Waals surface area contributed by atoms with Crippen LogP contribution in [0.4, 0.5) is 5.69 Å². The van der Waals surface area contributed by atoms with E-state index in [2.05, 4.69) is 31.2 Å². The third-order valence-corrected chi connectivity index (χ3v) is 8.30. The molecule has 0 bridgehead atoms. The number of hydrogen-bond acceptors (Lipinski definition) is 4. The van der Waals surface area contributed by atoms with Gasteiger partial charge in [0.1, 0.15) is 5.75 Å². The standard InChI is InChI=1S/C35H37NO4/c1-23(13-11-16-25-14-7-5-8-15-25)27-21-30-28(22-32(27)40-24(2)37)33-29(19-12-20-31(33)38)35(3,4)36(30)34(39)26-17-9-6-10-18-26/h5-10,14-15,17-18,21-23H,11-13,16,19-20H2,1-4H3. The van der Waals surface area contributed by atoms with Crippen LogP contribution >= 0.6 is 0 Å². The van der Waals surface area contributed by atoms with E-state index in [1.165, 1.54) is 12.5 Å². The molecule has 0 aromatic heterocycles. The number of amides is 1. The number of benzene rings is 3. The van der Waals surface area contributed by atoms with Gasteiger partial charge in [-0.05, 0) is 92.8 Å². The molecule has 1 atom stereocenters. The molecule has 5 heteroatoms. The summed E-state index contributed by atoms with van der Waals surface area (Å²) in [5.74, 6) is 0.0995. The van der Waals surface area contributed by atoms with Crippen LogP contribution in [0.3, 0.4) is 0 Å². The van der Waals surface area contributed by atoms with Crippen LogP contribution in [-0.4, -0.2) is 23.2 Å². The van der Waals surface area contributed by atoms with E-state index in [1.54, 1.807) is 0 Å². The van der Waals surface area contributed by atoms with E-state index in [0.717, 1.165) is 43.2 Å². The van der Waals surface area contributed by atoms with Gasteiger partial charge in [-0.25, -0.2) is 0 Å². The van der Waals surface area contributed by atoms with Crippen molar-refractivity contribution in [3.63, 3.8) is 0 Å². The van der Waals surface area contributed by atoms with Crippen molar-refractivity contribution in [2.75, 3.05) is 4.90 Å². The van der Waals surface area contributed by atoms with E-state index in [1.807, 2.05) is 67.3 Å². The Morgan fingerprint density at radius 1 is 0.975 bits per heavy atom. The first-order chi connectivity index (χ1) is 19.2. The Labute approximate surface area is 236 Å². The minimum atomic E-state index is -0.692. The van der Waals surface area contributed by atoms with Crippen molar-refractivity contribution in [3.05, 3.63) is 101 Å². The Morgan fingerprint density at radius 3 is 2.33 bits per heavy atom. The van der Waals surface area contributed by atoms with Crippen LogP contribution in [0.15, 0.2) is 78.4 Å². The van der Waals surface area contributed by atoms with Crippen LogP contribution in [0, 0.1) is 0 Å². The number of anilines is 1. The minimum Gasteiger partial charge on any atom is -0.426 e. The lowest BCUT2D eigenvalue weighted by Crippen LogP contribution is -2.53. The van der Waals surface area contributed by atoms with E-state index in [0.29, 0.717) is 34.6 Å². The van der Waals surface area contributed by atoms with Crippen molar-refractivity contribution in [3.8, 4) is 5.75 Å². The number of carbonyl (C=O) groups is 3. The molecule has 0 spiro atoms. The molecule has 1 aliphatic heterocycles. The second-order valence-electron chi connectivity index (χ2n) is 11.5. The summed E-state index contributed by atoms with van der Waals surface area (Å²) in [5, 5.41) is 0.